The summed E-state index contributed by atoms with van der Waals surface area (Å²) < 4.78 is 59.4. The van der Waals surface area contributed by atoms with Crippen LogP contribution in [0.4, 0.5) is 18.9 Å². The quantitative estimate of drug-likeness (QED) is 0.905. The number of rotatable bonds is 5. The lowest BCUT2D eigenvalue weighted by Crippen LogP contribution is -2.24. The van der Waals surface area contributed by atoms with Crippen molar-refractivity contribution in [3.8, 4) is 0 Å². The Morgan fingerprint density at radius 1 is 1.25 bits per heavy atom. The Morgan fingerprint density at radius 3 is 2.15 bits per heavy atom. The Bertz CT molecular complexity index is 538. The normalized spacial score (nSPS) is 14.1. The third-order valence-corrected chi connectivity index (χ3v) is 4.28. The zero-order valence-corrected chi connectivity index (χ0v) is 11.9. The molecular weight excluding hydrogens is 295 g/mol. The second kappa shape index (κ2) is 6.01. The third-order valence-electron chi connectivity index (χ3n) is 2.77. The van der Waals surface area contributed by atoms with E-state index in [1.165, 1.54) is 12.1 Å². The van der Waals surface area contributed by atoms with Crippen molar-refractivity contribution in [2.75, 3.05) is 18.5 Å². The highest BCUT2D eigenvalue weighted by molar-refractivity contribution is 7.92. The molecule has 20 heavy (non-hydrogen) atoms. The zero-order valence-electron chi connectivity index (χ0n) is 11.1. The number of anilines is 1. The molecule has 0 bridgehead atoms. The van der Waals surface area contributed by atoms with E-state index in [-0.39, 0.29) is 0 Å². The minimum absolute atomic E-state index is 0.484. The fraction of sp³-hybridized carbons (Fsp3) is 0.500. The highest BCUT2D eigenvalue weighted by Gasteiger charge is 2.46. The monoisotopic (exact) mass is 311 g/mol. The van der Waals surface area contributed by atoms with E-state index in [0.717, 1.165) is 12.1 Å². The topological polar surface area (TPSA) is 57.6 Å². The van der Waals surface area contributed by atoms with Crippen molar-refractivity contribution >= 4 is 15.5 Å². The summed E-state index contributed by atoms with van der Waals surface area (Å²) >= 11 is 0. The maximum atomic E-state index is 12.4. The lowest BCUT2D eigenvalue weighted by atomic mass is 10.2. The molecule has 8 heteroatoms. The van der Waals surface area contributed by atoms with Gasteiger partial charge in [0.2, 0.25) is 0 Å². The molecule has 1 N–H and O–H groups in total. The molecule has 0 aromatic heterocycles. The van der Waals surface area contributed by atoms with Crippen LogP contribution in [0.1, 0.15) is 13.3 Å². The number of hydrogen-bond acceptors (Lipinski definition) is 4. The lowest BCUT2D eigenvalue weighted by Gasteiger charge is -2.20. The zero-order chi connectivity index (χ0) is 15.6. The molecule has 0 saturated heterocycles. The molecule has 0 heterocycles. The van der Waals surface area contributed by atoms with Gasteiger partial charge in [-0.25, -0.2) is 8.42 Å². The van der Waals surface area contributed by atoms with Gasteiger partial charge in [0.1, 0.15) is 0 Å². The van der Waals surface area contributed by atoms with Crippen LogP contribution in [-0.2, 0) is 9.84 Å². The van der Waals surface area contributed by atoms with E-state index < -0.39 is 26.3 Å². The second-order valence-corrected chi connectivity index (χ2v) is 6.44. The van der Waals surface area contributed by atoms with Crippen LogP contribution in [-0.4, -0.2) is 38.7 Å². The molecular formula is C12H16F3NO3S. The van der Waals surface area contributed by atoms with Crippen LogP contribution >= 0.6 is 0 Å². The van der Waals surface area contributed by atoms with E-state index in [4.69, 9.17) is 5.11 Å². The highest BCUT2D eigenvalue weighted by atomic mass is 32.2. The molecule has 0 spiro atoms. The molecule has 4 nitrogen and oxygen atoms in total. The van der Waals surface area contributed by atoms with Gasteiger partial charge in [-0.05, 0) is 37.6 Å². The van der Waals surface area contributed by atoms with Crippen molar-refractivity contribution in [3.63, 3.8) is 0 Å². The van der Waals surface area contributed by atoms with Crippen LogP contribution in [0, 0.1) is 0 Å². The first kappa shape index (κ1) is 16.8. The molecule has 0 aliphatic rings. The number of hydrogen-bond donors (Lipinski definition) is 1. The first-order valence-corrected chi connectivity index (χ1v) is 7.34. The van der Waals surface area contributed by atoms with Crippen molar-refractivity contribution < 1.29 is 26.7 Å². The summed E-state index contributed by atoms with van der Waals surface area (Å²) in [5.41, 5.74) is -4.72. The predicted octanol–water partition coefficient (Wildman–Crippen LogP) is 2.19. The summed E-state index contributed by atoms with van der Waals surface area (Å²) in [5, 5.41) is 9.16. The van der Waals surface area contributed by atoms with Crippen LogP contribution in [0.5, 0.6) is 0 Å². The van der Waals surface area contributed by atoms with E-state index >= 15 is 0 Å². The maximum absolute atomic E-state index is 12.4. The van der Waals surface area contributed by atoms with Gasteiger partial charge in [-0.3, -0.25) is 0 Å². The number of benzene rings is 1. The number of nitrogens with zero attached hydrogens (tertiary/aromatic N) is 1. The smallest absolute Gasteiger partial charge is 0.393 e. The Morgan fingerprint density at radius 2 is 1.75 bits per heavy atom. The van der Waals surface area contributed by atoms with Crippen molar-refractivity contribution in [2.45, 2.75) is 29.9 Å². The molecule has 0 saturated carbocycles. The number of sulfone groups is 1. The molecule has 1 unspecified atom stereocenters. The summed E-state index contributed by atoms with van der Waals surface area (Å²) in [6, 6.07) is 4.47. The molecule has 1 rings (SSSR count). The molecule has 0 fully saturated rings. The summed E-state index contributed by atoms with van der Waals surface area (Å²) in [6.45, 7) is 2.13. The van der Waals surface area contributed by atoms with E-state index in [9.17, 15) is 21.6 Å². The average molecular weight is 311 g/mol. The SMILES string of the molecule is CC(O)CCN(C)c1ccc(S(=O)(=O)C(F)(F)F)cc1. The van der Waals surface area contributed by atoms with Crippen molar-refractivity contribution in [3.05, 3.63) is 24.3 Å². The van der Waals surface area contributed by atoms with Gasteiger partial charge in [0.15, 0.2) is 0 Å². The van der Waals surface area contributed by atoms with E-state index in [1.54, 1.807) is 18.9 Å². The van der Waals surface area contributed by atoms with E-state index in [2.05, 4.69) is 0 Å². The molecule has 1 atom stereocenters. The number of aliphatic hydroxyl groups excluding tert-OH is 1. The van der Waals surface area contributed by atoms with Crippen LogP contribution < -0.4 is 4.90 Å². The van der Waals surface area contributed by atoms with Gasteiger partial charge in [-0.2, -0.15) is 13.2 Å². The van der Waals surface area contributed by atoms with Gasteiger partial charge in [0, 0.05) is 19.3 Å². The Balaban J connectivity index is 2.90. The summed E-state index contributed by atoms with van der Waals surface area (Å²) in [6.07, 6.45) is 0.0152. The summed E-state index contributed by atoms with van der Waals surface area (Å²) in [7, 11) is -3.60. The van der Waals surface area contributed by atoms with Crippen LogP contribution in [0.15, 0.2) is 29.2 Å². The van der Waals surface area contributed by atoms with Gasteiger partial charge in [0.25, 0.3) is 9.84 Å². The van der Waals surface area contributed by atoms with Crippen molar-refractivity contribution in [2.24, 2.45) is 0 Å². The average Bonchev–Trinajstić information content (AvgIpc) is 2.34. The van der Waals surface area contributed by atoms with Gasteiger partial charge >= 0.3 is 5.51 Å². The van der Waals surface area contributed by atoms with E-state index in [1.807, 2.05) is 0 Å². The standard InChI is InChI=1S/C12H16F3NO3S/c1-9(17)7-8-16(2)10-3-5-11(6-4-10)20(18,19)12(13,14)15/h3-6,9,17H,7-8H2,1-2H3. The molecule has 1 aromatic carbocycles. The molecule has 0 radical (unpaired) electrons. The lowest BCUT2D eigenvalue weighted by molar-refractivity contribution is -0.0436. The van der Waals surface area contributed by atoms with Crippen molar-refractivity contribution in [1.29, 1.82) is 0 Å². The first-order valence-electron chi connectivity index (χ1n) is 5.86. The van der Waals surface area contributed by atoms with Crippen LogP contribution in [0.25, 0.3) is 0 Å². The van der Waals surface area contributed by atoms with Gasteiger partial charge in [-0.15, -0.1) is 0 Å². The van der Waals surface area contributed by atoms with Crippen LogP contribution in [0.2, 0.25) is 0 Å². The Labute approximate surface area is 115 Å². The number of aliphatic hydroxyl groups is 1. The largest absolute Gasteiger partial charge is 0.501 e. The minimum atomic E-state index is -5.30. The predicted molar refractivity (Wildman–Crippen MR) is 69.3 cm³/mol. The summed E-state index contributed by atoms with van der Waals surface area (Å²) in [4.78, 5) is 0.939. The number of alkyl halides is 3. The fourth-order valence-electron chi connectivity index (χ4n) is 1.52. The Hall–Kier alpha value is -1.28. The molecule has 114 valence electrons. The maximum Gasteiger partial charge on any atom is 0.501 e. The molecule has 0 aliphatic carbocycles. The summed E-state index contributed by atoms with van der Waals surface area (Å²) in [5.74, 6) is 0. The molecule has 0 aliphatic heterocycles. The van der Waals surface area contributed by atoms with E-state index in [0.29, 0.717) is 18.7 Å². The van der Waals surface area contributed by atoms with Crippen LogP contribution in [0.3, 0.4) is 0 Å². The minimum Gasteiger partial charge on any atom is -0.393 e. The molecule has 1 aromatic rings. The van der Waals surface area contributed by atoms with Crippen molar-refractivity contribution in [1.82, 2.24) is 0 Å². The fourth-order valence-corrected chi connectivity index (χ4v) is 2.28. The Kier molecular flexibility index (Phi) is 5.04. The van der Waals surface area contributed by atoms with Gasteiger partial charge < -0.3 is 10.0 Å². The molecule has 0 amide bonds. The van der Waals surface area contributed by atoms with Gasteiger partial charge in [0.05, 0.1) is 11.0 Å². The van der Waals surface area contributed by atoms with Gasteiger partial charge in [-0.1, -0.05) is 0 Å². The second-order valence-electron chi connectivity index (χ2n) is 4.50. The third kappa shape index (κ3) is 3.86. The highest BCUT2D eigenvalue weighted by Crippen LogP contribution is 2.31. The first-order chi connectivity index (χ1) is 9.05. The number of halogens is 3.